The molecule has 7 heteroatoms. The molecule has 144 valence electrons. The molecule has 1 atom stereocenters. The number of aromatic nitrogens is 1. The van der Waals surface area contributed by atoms with Crippen molar-refractivity contribution in [2.24, 2.45) is 11.7 Å². The molecule has 1 aromatic carbocycles. The fourth-order valence-electron chi connectivity index (χ4n) is 3.99. The van der Waals surface area contributed by atoms with E-state index in [4.69, 9.17) is 5.73 Å². The molecule has 6 nitrogen and oxygen atoms in total. The molecule has 1 saturated carbocycles. The van der Waals surface area contributed by atoms with Crippen LogP contribution in [0.2, 0.25) is 0 Å². The summed E-state index contributed by atoms with van der Waals surface area (Å²) in [5, 5.41) is 9.45. The van der Waals surface area contributed by atoms with Gasteiger partial charge in [-0.3, -0.25) is 4.79 Å². The smallest absolute Gasteiger partial charge is 0.341 e. The summed E-state index contributed by atoms with van der Waals surface area (Å²) in [7, 11) is 0. The topological polar surface area (TPSA) is 88.6 Å². The number of hydrogen-bond acceptors (Lipinski definition) is 4. The maximum absolute atomic E-state index is 14.9. The summed E-state index contributed by atoms with van der Waals surface area (Å²) < 4.78 is 16.7. The first-order valence-corrected chi connectivity index (χ1v) is 9.32. The fourth-order valence-corrected chi connectivity index (χ4v) is 3.99. The number of nitrogens with zero attached hydrogens (tertiary/aromatic N) is 2. The Morgan fingerprint density at radius 2 is 2.00 bits per heavy atom. The molecule has 1 aliphatic heterocycles. The monoisotopic (exact) mass is 373 g/mol. The third-order valence-corrected chi connectivity index (χ3v) is 5.85. The van der Waals surface area contributed by atoms with Crippen molar-refractivity contribution in [3.8, 4) is 0 Å². The number of carboxylic acid groups (broad SMARTS) is 1. The van der Waals surface area contributed by atoms with Crippen molar-refractivity contribution < 1.29 is 14.3 Å². The number of anilines is 1. The van der Waals surface area contributed by atoms with Crippen molar-refractivity contribution in [2.75, 3.05) is 18.0 Å². The van der Waals surface area contributed by atoms with E-state index >= 15 is 0 Å². The number of hydrogen-bond donors (Lipinski definition) is 2. The minimum Gasteiger partial charge on any atom is -0.477 e. The molecule has 0 spiro atoms. The zero-order chi connectivity index (χ0) is 19.5. The number of nitrogens with two attached hydrogens (primary N) is 1. The van der Waals surface area contributed by atoms with Crippen molar-refractivity contribution in [3.05, 3.63) is 39.9 Å². The second-order valence-corrected chi connectivity index (χ2v) is 8.39. The van der Waals surface area contributed by atoms with Crippen LogP contribution in [0.1, 0.15) is 49.5 Å². The van der Waals surface area contributed by atoms with E-state index in [1.807, 2.05) is 23.3 Å². The third kappa shape index (κ3) is 3.10. The molecule has 2 aromatic rings. The average molecular weight is 373 g/mol. The molecule has 2 heterocycles. The van der Waals surface area contributed by atoms with Crippen molar-refractivity contribution in [2.45, 2.75) is 44.7 Å². The van der Waals surface area contributed by atoms with Gasteiger partial charge in [-0.15, -0.1) is 0 Å². The lowest BCUT2D eigenvalue weighted by Gasteiger charge is -2.27. The van der Waals surface area contributed by atoms with Crippen molar-refractivity contribution in [3.63, 3.8) is 0 Å². The molecular formula is C20H24FN3O3. The highest BCUT2D eigenvalue weighted by atomic mass is 19.1. The maximum atomic E-state index is 14.9. The van der Waals surface area contributed by atoms with Gasteiger partial charge in [-0.2, -0.15) is 0 Å². The standard InChI is InChI=1S/C20H24FN3O3/c1-20(2,22)11-5-6-23(9-11)17-8-16-13(7-15(17)21)18(25)14(19(26)27)10-24(16)12-3-4-12/h7-8,10-12H,3-6,9,22H2,1-2H3,(H,26,27)/t11-/m1/s1. The molecule has 2 fully saturated rings. The van der Waals surface area contributed by atoms with Crippen molar-refractivity contribution >= 4 is 22.6 Å². The van der Waals surface area contributed by atoms with Crippen LogP contribution in [-0.2, 0) is 0 Å². The van der Waals surface area contributed by atoms with Gasteiger partial charge in [-0.05, 0) is 51.2 Å². The highest BCUT2D eigenvalue weighted by Gasteiger charge is 2.34. The van der Waals surface area contributed by atoms with Crippen LogP contribution in [0.5, 0.6) is 0 Å². The molecule has 4 rings (SSSR count). The summed E-state index contributed by atoms with van der Waals surface area (Å²) >= 11 is 0. The summed E-state index contributed by atoms with van der Waals surface area (Å²) in [6, 6.07) is 3.06. The second-order valence-electron chi connectivity index (χ2n) is 8.39. The summed E-state index contributed by atoms with van der Waals surface area (Å²) in [6.45, 7) is 5.33. The lowest BCUT2D eigenvalue weighted by Crippen LogP contribution is -2.42. The summed E-state index contributed by atoms with van der Waals surface area (Å²) in [5.41, 5.74) is 5.98. The van der Waals surface area contributed by atoms with Gasteiger partial charge >= 0.3 is 5.97 Å². The lowest BCUT2D eigenvalue weighted by atomic mass is 9.88. The number of carboxylic acids is 1. The largest absolute Gasteiger partial charge is 0.477 e. The van der Waals surface area contributed by atoms with Crippen LogP contribution < -0.4 is 16.1 Å². The minimum absolute atomic E-state index is 0.123. The first-order valence-electron chi connectivity index (χ1n) is 9.32. The first-order chi connectivity index (χ1) is 12.7. The Labute approximate surface area is 156 Å². The second kappa shape index (κ2) is 6.05. The predicted molar refractivity (Wildman–Crippen MR) is 102 cm³/mol. The quantitative estimate of drug-likeness (QED) is 0.860. The molecule has 0 radical (unpaired) electrons. The van der Waals surface area contributed by atoms with Crippen LogP contribution in [0.15, 0.2) is 23.1 Å². The molecular weight excluding hydrogens is 349 g/mol. The Bertz CT molecular complexity index is 989. The normalized spacial score (nSPS) is 20.4. The van der Waals surface area contributed by atoms with E-state index in [1.165, 1.54) is 12.3 Å². The summed E-state index contributed by atoms with van der Waals surface area (Å²) in [4.78, 5) is 25.9. The van der Waals surface area contributed by atoms with Gasteiger partial charge in [-0.25, -0.2) is 9.18 Å². The number of pyridine rings is 1. The Morgan fingerprint density at radius 3 is 2.56 bits per heavy atom. The zero-order valence-electron chi connectivity index (χ0n) is 15.5. The summed E-state index contributed by atoms with van der Waals surface area (Å²) in [6.07, 6.45) is 4.14. The Balaban J connectivity index is 1.84. The Hall–Kier alpha value is -2.41. The molecule has 1 saturated heterocycles. The van der Waals surface area contributed by atoms with Crippen LogP contribution in [0.25, 0.3) is 10.9 Å². The molecule has 2 aliphatic rings. The van der Waals surface area contributed by atoms with E-state index in [9.17, 15) is 19.1 Å². The van der Waals surface area contributed by atoms with Gasteiger partial charge in [0.1, 0.15) is 11.4 Å². The molecule has 0 bridgehead atoms. The third-order valence-electron chi connectivity index (χ3n) is 5.85. The van der Waals surface area contributed by atoms with Crippen LogP contribution >= 0.6 is 0 Å². The number of fused-ring (bicyclic) bond motifs is 1. The van der Waals surface area contributed by atoms with Crippen molar-refractivity contribution in [1.82, 2.24) is 4.57 Å². The van der Waals surface area contributed by atoms with Gasteiger partial charge in [0.25, 0.3) is 0 Å². The highest BCUT2D eigenvalue weighted by Crippen LogP contribution is 2.39. The molecule has 27 heavy (non-hydrogen) atoms. The molecule has 0 unspecified atom stereocenters. The van der Waals surface area contributed by atoms with E-state index in [0.717, 1.165) is 19.3 Å². The SMILES string of the molecule is CC(C)(N)[C@@H]1CCN(c2cc3c(cc2F)c(=O)c(C(=O)O)cn3C2CC2)C1. The Morgan fingerprint density at radius 1 is 1.30 bits per heavy atom. The van der Waals surface area contributed by atoms with Gasteiger partial charge in [0.15, 0.2) is 0 Å². The van der Waals surface area contributed by atoms with Crippen LogP contribution in [0.3, 0.4) is 0 Å². The number of aromatic carboxylic acids is 1. The highest BCUT2D eigenvalue weighted by molar-refractivity contribution is 5.93. The average Bonchev–Trinajstić information content (AvgIpc) is 3.29. The van der Waals surface area contributed by atoms with Crippen molar-refractivity contribution in [1.29, 1.82) is 0 Å². The fraction of sp³-hybridized carbons (Fsp3) is 0.500. The number of rotatable bonds is 4. The number of carbonyl (C=O) groups is 1. The molecule has 0 amide bonds. The van der Waals surface area contributed by atoms with E-state index in [0.29, 0.717) is 24.3 Å². The first kappa shape index (κ1) is 18.0. The number of halogens is 1. The molecule has 3 N–H and O–H groups in total. The summed E-state index contributed by atoms with van der Waals surface area (Å²) in [5.74, 6) is -1.53. The Kier molecular flexibility index (Phi) is 4.03. The lowest BCUT2D eigenvalue weighted by molar-refractivity contribution is 0.0695. The predicted octanol–water partition coefficient (Wildman–Crippen LogP) is 2.74. The minimum atomic E-state index is -1.28. The van der Waals surface area contributed by atoms with Gasteiger partial charge < -0.3 is 20.3 Å². The van der Waals surface area contributed by atoms with Gasteiger partial charge in [0, 0.05) is 36.3 Å². The van der Waals surface area contributed by atoms with Gasteiger partial charge in [0.05, 0.1) is 11.2 Å². The molecule has 1 aromatic heterocycles. The van der Waals surface area contributed by atoms with Crippen LogP contribution in [0, 0.1) is 11.7 Å². The van der Waals surface area contributed by atoms with Crippen LogP contribution in [0.4, 0.5) is 10.1 Å². The van der Waals surface area contributed by atoms with Gasteiger partial charge in [0.2, 0.25) is 5.43 Å². The van der Waals surface area contributed by atoms with Gasteiger partial charge in [-0.1, -0.05) is 0 Å². The molecule has 1 aliphatic carbocycles. The zero-order valence-corrected chi connectivity index (χ0v) is 15.5. The maximum Gasteiger partial charge on any atom is 0.341 e. The van der Waals surface area contributed by atoms with Crippen LogP contribution in [-0.4, -0.2) is 34.3 Å². The van der Waals surface area contributed by atoms with E-state index in [2.05, 4.69) is 0 Å². The van der Waals surface area contributed by atoms with E-state index in [-0.39, 0.29) is 28.4 Å². The van der Waals surface area contributed by atoms with E-state index < -0.39 is 17.2 Å². The van der Waals surface area contributed by atoms with E-state index in [1.54, 1.807) is 6.07 Å². The number of benzene rings is 1.